The van der Waals surface area contributed by atoms with Crippen LogP contribution in [0.1, 0.15) is 41.5 Å². The highest BCUT2D eigenvalue weighted by Crippen LogP contribution is 2.32. The summed E-state index contributed by atoms with van der Waals surface area (Å²) in [6.07, 6.45) is 2.56. The van der Waals surface area contributed by atoms with E-state index in [9.17, 15) is 9.59 Å². The molecule has 2 fully saturated rings. The molecule has 0 unspecified atom stereocenters. The van der Waals surface area contributed by atoms with E-state index in [1.54, 1.807) is 11.8 Å². The molecule has 24 heavy (non-hydrogen) atoms. The normalized spacial score (nSPS) is 19.2. The minimum absolute atomic E-state index is 0.0431. The number of aryl methyl sites for hydroxylation is 1. The van der Waals surface area contributed by atoms with Crippen LogP contribution >= 0.6 is 0 Å². The van der Waals surface area contributed by atoms with Crippen LogP contribution < -0.4 is 5.32 Å². The lowest BCUT2D eigenvalue weighted by Gasteiger charge is -2.29. The van der Waals surface area contributed by atoms with Gasteiger partial charge in [-0.1, -0.05) is 0 Å². The van der Waals surface area contributed by atoms with Crippen LogP contribution in [0.25, 0.3) is 0 Å². The first-order chi connectivity index (χ1) is 11.5. The van der Waals surface area contributed by atoms with Crippen LogP contribution in [-0.2, 0) is 16.1 Å². The maximum absolute atomic E-state index is 12.6. The van der Waals surface area contributed by atoms with Crippen molar-refractivity contribution in [1.29, 1.82) is 0 Å². The van der Waals surface area contributed by atoms with Gasteiger partial charge in [-0.3, -0.25) is 9.59 Å². The summed E-state index contributed by atoms with van der Waals surface area (Å²) in [6, 6.07) is 1.40. The van der Waals surface area contributed by atoms with Gasteiger partial charge in [-0.25, -0.2) is 0 Å². The topological polar surface area (TPSA) is 63.6 Å². The molecule has 6 heteroatoms. The zero-order valence-corrected chi connectivity index (χ0v) is 14.8. The predicted octanol–water partition coefficient (Wildman–Crippen LogP) is 1.49. The molecule has 3 rings (SSSR count). The van der Waals surface area contributed by atoms with E-state index in [0.717, 1.165) is 23.9 Å². The quantitative estimate of drug-likeness (QED) is 0.888. The first-order valence-electron chi connectivity index (χ1n) is 8.81. The molecule has 2 heterocycles. The molecule has 0 radical (unpaired) electrons. The summed E-state index contributed by atoms with van der Waals surface area (Å²) < 4.78 is 7.49. The van der Waals surface area contributed by atoms with Gasteiger partial charge in [0.25, 0.3) is 5.91 Å². The Hall–Kier alpha value is -1.82. The molecule has 1 N–H and O–H groups in total. The molecule has 1 aromatic rings. The Morgan fingerprint density at radius 3 is 2.58 bits per heavy atom. The molecule has 2 aliphatic rings. The van der Waals surface area contributed by atoms with Gasteiger partial charge in [0.15, 0.2) is 0 Å². The van der Waals surface area contributed by atoms with Crippen molar-refractivity contribution in [3.63, 3.8) is 0 Å². The Morgan fingerprint density at radius 2 is 1.96 bits per heavy atom. The van der Waals surface area contributed by atoms with E-state index in [4.69, 9.17) is 4.74 Å². The van der Waals surface area contributed by atoms with Crippen molar-refractivity contribution < 1.29 is 14.3 Å². The molecule has 0 spiro atoms. The van der Waals surface area contributed by atoms with Crippen LogP contribution in [0.2, 0.25) is 0 Å². The SMILES string of the molecule is Cc1cc(C(=O)N[C@@H](C)C(=O)N2CCOCC2)c(C)n1CC1CC1. The van der Waals surface area contributed by atoms with Crippen LogP contribution in [-0.4, -0.2) is 53.6 Å². The number of hydrogen-bond acceptors (Lipinski definition) is 3. The Labute approximate surface area is 143 Å². The van der Waals surface area contributed by atoms with Crippen LogP contribution in [0.5, 0.6) is 0 Å². The highest BCUT2D eigenvalue weighted by Gasteiger charge is 2.27. The lowest BCUT2D eigenvalue weighted by atomic mass is 10.2. The summed E-state index contributed by atoms with van der Waals surface area (Å²) in [7, 11) is 0. The first kappa shape index (κ1) is 17.0. The molecule has 1 atom stereocenters. The molecule has 2 amide bonds. The van der Waals surface area contributed by atoms with E-state index in [2.05, 4.69) is 9.88 Å². The van der Waals surface area contributed by atoms with E-state index in [1.165, 1.54) is 12.8 Å². The third-order valence-electron chi connectivity index (χ3n) is 5.00. The summed E-state index contributed by atoms with van der Waals surface area (Å²) in [4.78, 5) is 26.8. The average molecular weight is 333 g/mol. The number of ether oxygens (including phenoxy) is 1. The Balaban J connectivity index is 1.64. The molecule has 1 saturated carbocycles. The van der Waals surface area contributed by atoms with E-state index in [0.29, 0.717) is 31.9 Å². The Morgan fingerprint density at radius 1 is 1.29 bits per heavy atom. The Kier molecular flexibility index (Phi) is 4.94. The van der Waals surface area contributed by atoms with Crippen molar-refractivity contribution in [1.82, 2.24) is 14.8 Å². The maximum Gasteiger partial charge on any atom is 0.253 e. The van der Waals surface area contributed by atoms with Crippen LogP contribution in [0, 0.1) is 19.8 Å². The summed E-state index contributed by atoms with van der Waals surface area (Å²) in [5.74, 6) is 0.547. The number of carbonyl (C=O) groups excluding carboxylic acids is 2. The van der Waals surface area contributed by atoms with Crippen molar-refractivity contribution in [2.24, 2.45) is 5.92 Å². The van der Waals surface area contributed by atoms with E-state index >= 15 is 0 Å². The Bertz CT molecular complexity index is 628. The molecular formula is C18H27N3O3. The molecule has 132 valence electrons. The lowest BCUT2D eigenvalue weighted by Crippen LogP contribution is -2.50. The number of carbonyl (C=O) groups is 2. The highest BCUT2D eigenvalue weighted by atomic mass is 16.5. The number of amides is 2. The van der Waals surface area contributed by atoms with Gasteiger partial charge in [0.05, 0.1) is 18.8 Å². The van der Waals surface area contributed by atoms with Crippen LogP contribution in [0.4, 0.5) is 0 Å². The van der Waals surface area contributed by atoms with Gasteiger partial charge in [-0.2, -0.15) is 0 Å². The van der Waals surface area contributed by atoms with Crippen molar-refractivity contribution in [3.05, 3.63) is 23.0 Å². The van der Waals surface area contributed by atoms with Crippen molar-refractivity contribution in [2.45, 2.75) is 46.2 Å². The van der Waals surface area contributed by atoms with Gasteiger partial charge < -0.3 is 19.5 Å². The lowest BCUT2D eigenvalue weighted by molar-refractivity contribution is -0.136. The summed E-state index contributed by atoms with van der Waals surface area (Å²) in [6.45, 7) is 9.08. The van der Waals surface area contributed by atoms with Gasteiger partial charge in [0.1, 0.15) is 6.04 Å². The van der Waals surface area contributed by atoms with Gasteiger partial charge in [0, 0.05) is 31.0 Å². The number of nitrogens with zero attached hydrogens (tertiary/aromatic N) is 2. The minimum Gasteiger partial charge on any atom is -0.378 e. The van der Waals surface area contributed by atoms with Crippen molar-refractivity contribution >= 4 is 11.8 Å². The van der Waals surface area contributed by atoms with Crippen LogP contribution in [0.3, 0.4) is 0 Å². The number of morpholine rings is 1. The second-order valence-corrected chi connectivity index (χ2v) is 6.97. The van der Waals surface area contributed by atoms with E-state index in [1.807, 2.05) is 19.9 Å². The third-order valence-corrected chi connectivity index (χ3v) is 5.00. The maximum atomic E-state index is 12.6. The molecular weight excluding hydrogens is 306 g/mol. The second-order valence-electron chi connectivity index (χ2n) is 6.97. The first-order valence-corrected chi connectivity index (χ1v) is 8.81. The summed E-state index contributed by atoms with van der Waals surface area (Å²) >= 11 is 0. The summed E-state index contributed by atoms with van der Waals surface area (Å²) in [5, 5.41) is 2.86. The van der Waals surface area contributed by atoms with Crippen LogP contribution in [0.15, 0.2) is 6.07 Å². The third kappa shape index (κ3) is 3.64. The average Bonchev–Trinajstić information content (AvgIpc) is 3.36. The molecule has 6 nitrogen and oxygen atoms in total. The standard InChI is InChI=1S/C18H27N3O3/c1-12-10-16(14(3)21(12)11-15-4-5-15)17(22)19-13(2)18(23)20-6-8-24-9-7-20/h10,13,15H,4-9,11H2,1-3H3,(H,19,22)/t13-/m0/s1. The highest BCUT2D eigenvalue weighted by molar-refractivity contribution is 5.98. The van der Waals surface area contributed by atoms with E-state index < -0.39 is 6.04 Å². The van der Waals surface area contributed by atoms with Gasteiger partial charge in [-0.15, -0.1) is 0 Å². The smallest absolute Gasteiger partial charge is 0.253 e. The van der Waals surface area contributed by atoms with E-state index in [-0.39, 0.29) is 11.8 Å². The van der Waals surface area contributed by atoms with Crippen molar-refractivity contribution in [2.75, 3.05) is 26.3 Å². The monoisotopic (exact) mass is 333 g/mol. The van der Waals surface area contributed by atoms with Gasteiger partial charge in [0.2, 0.25) is 5.91 Å². The number of hydrogen-bond donors (Lipinski definition) is 1. The zero-order chi connectivity index (χ0) is 17.3. The van der Waals surface area contributed by atoms with Gasteiger partial charge >= 0.3 is 0 Å². The fourth-order valence-corrected chi connectivity index (χ4v) is 3.26. The predicted molar refractivity (Wildman–Crippen MR) is 91.0 cm³/mol. The molecule has 1 aliphatic carbocycles. The number of nitrogens with one attached hydrogen (secondary N) is 1. The second kappa shape index (κ2) is 6.97. The molecule has 1 aromatic heterocycles. The van der Waals surface area contributed by atoms with Gasteiger partial charge in [-0.05, 0) is 45.6 Å². The summed E-state index contributed by atoms with van der Waals surface area (Å²) in [5.41, 5.74) is 2.77. The minimum atomic E-state index is -0.526. The molecule has 0 bridgehead atoms. The molecule has 0 aromatic carbocycles. The zero-order valence-electron chi connectivity index (χ0n) is 14.8. The number of aromatic nitrogens is 1. The number of rotatable bonds is 5. The molecule has 1 aliphatic heterocycles. The molecule has 1 saturated heterocycles. The van der Waals surface area contributed by atoms with Crippen molar-refractivity contribution in [3.8, 4) is 0 Å². The fourth-order valence-electron chi connectivity index (χ4n) is 3.26. The fraction of sp³-hybridized carbons (Fsp3) is 0.667. The largest absolute Gasteiger partial charge is 0.378 e.